The van der Waals surface area contributed by atoms with Gasteiger partial charge in [-0.1, -0.05) is 6.92 Å². The fourth-order valence-electron chi connectivity index (χ4n) is 3.19. The number of piperidine rings is 1. The summed E-state index contributed by atoms with van der Waals surface area (Å²) in [7, 11) is 0. The maximum absolute atomic E-state index is 12.0. The molecule has 2 aromatic heterocycles. The van der Waals surface area contributed by atoms with Crippen molar-refractivity contribution < 1.29 is 4.79 Å². The highest BCUT2D eigenvalue weighted by Crippen LogP contribution is 2.17. The largest absolute Gasteiger partial charge is 0.357 e. The Morgan fingerprint density at radius 3 is 3.17 bits per heavy atom. The molecule has 0 saturated carbocycles. The molecule has 1 atom stereocenters. The van der Waals surface area contributed by atoms with Crippen LogP contribution in [0, 0.1) is 5.92 Å². The third kappa shape index (κ3) is 4.41. The first-order valence-corrected chi connectivity index (χ1v) is 8.69. The van der Waals surface area contributed by atoms with Gasteiger partial charge in [-0.2, -0.15) is 0 Å². The lowest BCUT2D eigenvalue weighted by Gasteiger charge is -2.32. The van der Waals surface area contributed by atoms with E-state index in [1.54, 1.807) is 12.3 Å². The van der Waals surface area contributed by atoms with Crippen molar-refractivity contribution in [3.63, 3.8) is 0 Å². The number of amides is 1. The molecule has 24 heavy (non-hydrogen) atoms. The van der Waals surface area contributed by atoms with E-state index < -0.39 is 0 Å². The second-order valence-electron chi connectivity index (χ2n) is 6.35. The first-order valence-electron chi connectivity index (χ1n) is 8.69. The predicted octanol–water partition coefficient (Wildman–Crippen LogP) is 2.01. The van der Waals surface area contributed by atoms with Gasteiger partial charge in [-0.05, 0) is 43.5 Å². The van der Waals surface area contributed by atoms with Gasteiger partial charge in [0, 0.05) is 38.4 Å². The second kappa shape index (κ2) is 8.06. The van der Waals surface area contributed by atoms with Gasteiger partial charge in [0.1, 0.15) is 11.5 Å². The van der Waals surface area contributed by atoms with E-state index in [2.05, 4.69) is 32.1 Å². The summed E-state index contributed by atoms with van der Waals surface area (Å²) in [5.74, 6) is 1.37. The normalized spacial score (nSPS) is 18.5. The Labute approximate surface area is 142 Å². The minimum Gasteiger partial charge on any atom is -0.357 e. The monoisotopic (exact) mass is 327 g/mol. The average molecular weight is 327 g/mol. The van der Waals surface area contributed by atoms with E-state index in [1.807, 2.05) is 18.3 Å². The number of aryl methyl sites for hydroxylation is 1. The number of hydrogen-bond acceptors (Lipinski definition) is 4. The number of carbonyl (C=O) groups is 1. The van der Waals surface area contributed by atoms with Crippen LogP contribution in [0.4, 0.5) is 0 Å². The fraction of sp³-hybridized carbons (Fsp3) is 0.500. The quantitative estimate of drug-likeness (QED) is 0.851. The molecule has 128 valence electrons. The molecule has 2 aromatic rings. The maximum Gasteiger partial charge on any atom is 0.267 e. The van der Waals surface area contributed by atoms with Crippen LogP contribution in [0.2, 0.25) is 0 Å². The predicted molar refractivity (Wildman–Crippen MR) is 92.5 cm³/mol. The lowest BCUT2D eigenvalue weighted by Crippen LogP contribution is -2.40. The summed E-state index contributed by atoms with van der Waals surface area (Å²) in [5.41, 5.74) is 1.70. The molecule has 1 amide bonds. The average Bonchev–Trinajstić information content (AvgIpc) is 3.15. The van der Waals surface area contributed by atoms with Gasteiger partial charge in [-0.3, -0.25) is 9.69 Å². The molecule has 6 nitrogen and oxygen atoms in total. The number of hydrogen-bond donors (Lipinski definition) is 2. The number of rotatable bonds is 6. The molecule has 0 unspecified atom stereocenters. The van der Waals surface area contributed by atoms with Crippen LogP contribution in [0.15, 0.2) is 30.6 Å². The van der Waals surface area contributed by atoms with Gasteiger partial charge >= 0.3 is 0 Å². The van der Waals surface area contributed by atoms with Crippen molar-refractivity contribution in [1.82, 2.24) is 25.2 Å². The van der Waals surface area contributed by atoms with Gasteiger partial charge in [0.15, 0.2) is 0 Å². The summed E-state index contributed by atoms with van der Waals surface area (Å²) in [6, 6.07) is 5.63. The first kappa shape index (κ1) is 16.6. The third-order valence-corrected chi connectivity index (χ3v) is 4.46. The molecule has 6 heteroatoms. The zero-order valence-corrected chi connectivity index (χ0v) is 14.2. The number of likely N-dealkylation sites (tertiary alicyclic amines) is 1. The van der Waals surface area contributed by atoms with Crippen LogP contribution in [0.25, 0.3) is 0 Å². The van der Waals surface area contributed by atoms with Crippen LogP contribution in [-0.4, -0.2) is 45.4 Å². The molecule has 3 rings (SSSR count). The minimum atomic E-state index is -0.0273. The van der Waals surface area contributed by atoms with E-state index in [9.17, 15) is 4.79 Å². The van der Waals surface area contributed by atoms with Crippen molar-refractivity contribution in [3.8, 4) is 0 Å². The molecule has 1 fully saturated rings. The molecule has 0 spiro atoms. The molecule has 0 radical (unpaired) electrons. The Morgan fingerprint density at radius 2 is 2.38 bits per heavy atom. The van der Waals surface area contributed by atoms with Crippen LogP contribution >= 0.6 is 0 Å². The van der Waals surface area contributed by atoms with Gasteiger partial charge in [-0.25, -0.2) is 9.97 Å². The highest BCUT2D eigenvalue weighted by molar-refractivity contribution is 5.92. The van der Waals surface area contributed by atoms with Gasteiger partial charge in [-0.15, -0.1) is 0 Å². The van der Waals surface area contributed by atoms with Crippen LogP contribution in [-0.2, 0) is 13.0 Å². The number of aromatic amines is 1. The molecule has 1 aliphatic heterocycles. The van der Waals surface area contributed by atoms with Crippen molar-refractivity contribution in [1.29, 1.82) is 0 Å². The molecule has 3 heterocycles. The summed E-state index contributed by atoms with van der Waals surface area (Å²) in [6.07, 6.45) is 6.80. The van der Waals surface area contributed by atoms with Crippen molar-refractivity contribution in [2.75, 3.05) is 19.6 Å². The Kier molecular flexibility index (Phi) is 5.59. The Balaban J connectivity index is 1.49. The lowest BCUT2D eigenvalue weighted by atomic mass is 9.98. The summed E-state index contributed by atoms with van der Waals surface area (Å²) < 4.78 is 0. The van der Waals surface area contributed by atoms with E-state index in [1.165, 1.54) is 0 Å². The summed E-state index contributed by atoms with van der Waals surface area (Å²) in [6.45, 7) is 5.74. The Hall–Kier alpha value is -2.21. The van der Waals surface area contributed by atoms with Gasteiger partial charge in [0.25, 0.3) is 5.91 Å². The number of nitrogens with zero attached hydrogens (tertiary/aromatic N) is 3. The molecule has 1 saturated heterocycles. The standard InChI is InChI=1S/C18H25N5O/c1-2-17-20-9-7-15(22-17)13-23-10-4-5-14(12-23)11-21-18(24)16-6-3-8-19-16/h3,6-9,14,19H,2,4-5,10-13H2,1H3,(H,21,24)/t14-/m0/s1. The Morgan fingerprint density at radius 1 is 1.46 bits per heavy atom. The van der Waals surface area contributed by atoms with Crippen LogP contribution in [0.1, 0.15) is 41.8 Å². The van der Waals surface area contributed by atoms with Crippen molar-refractivity contribution in [2.24, 2.45) is 5.92 Å². The summed E-state index contributed by atoms with van der Waals surface area (Å²) in [4.78, 5) is 26.2. The highest BCUT2D eigenvalue weighted by Gasteiger charge is 2.21. The summed E-state index contributed by atoms with van der Waals surface area (Å²) in [5, 5.41) is 3.03. The van der Waals surface area contributed by atoms with E-state index in [-0.39, 0.29) is 5.91 Å². The zero-order valence-electron chi connectivity index (χ0n) is 14.2. The second-order valence-corrected chi connectivity index (χ2v) is 6.35. The van der Waals surface area contributed by atoms with Gasteiger partial charge < -0.3 is 10.3 Å². The van der Waals surface area contributed by atoms with E-state index in [0.717, 1.165) is 57.0 Å². The summed E-state index contributed by atoms with van der Waals surface area (Å²) >= 11 is 0. The van der Waals surface area contributed by atoms with Gasteiger partial charge in [0.2, 0.25) is 0 Å². The fourth-order valence-corrected chi connectivity index (χ4v) is 3.19. The Bertz CT molecular complexity index is 655. The minimum absolute atomic E-state index is 0.0273. The van der Waals surface area contributed by atoms with Crippen LogP contribution < -0.4 is 5.32 Å². The van der Waals surface area contributed by atoms with Crippen molar-refractivity contribution >= 4 is 5.91 Å². The van der Waals surface area contributed by atoms with Crippen molar-refractivity contribution in [3.05, 3.63) is 47.8 Å². The van der Waals surface area contributed by atoms with E-state index in [0.29, 0.717) is 11.6 Å². The number of aromatic nitrogens is 3. The number of nitrogens with one attached hydrogen (secondary N) is 2. The van der Waals surface area contributed by atoms with Gasteiger partial charge in [0.05, 0.1) is 5.69 Å². The van der Waals surface area contributed by atoms with Crippen molar-refractivity contribution in [2.45, 2.75) is 32.7 Å². The highest BCUT2D eigenvalue weighted by atomic mass is 16.1. The first-order chi connectivity index (χ1) is 11.7. The molecular formula is C18H25N5O. The lowest BCUT2D eigenvalue weighted by molar-refractivity contribution is 0.0926. The zero-order chi connectivity index (χ0) is 16.8. The topological polar surface area (TPSA) is 73.9 Å². The molecule has 1 aliphatic rings. The molecular weight excluding hydrogens is 302 g/mol. The van der Waals surface area contributed by atoms with Crippen LogP contribution in [0.3, 0.4) is 0 Å². The molecule has 0 aliphatic carbocycles. The third-order valence-electron chi connectivity index (χ3n) is 4.46. The molecule has 2 N–H and O–H groups in total. The molecule has 0 aromatic carbocycles. The van der Waals surface area contributed by atoms with E-state index in [4.69, 9.17) is 0 Å². The van der Waals surface area contributed by atoms with E-state index >= 15 is 0 Å². The van der Waals surface area contributed by atoms with Crippen LogP contribution in [0.5, 0.6) is 0 Å². The SMILES string of the molecule is CCc1nccc(CN2CCC[C@@H](CNC(=O)c3ccc[nH]3)C2)n1. The molecule has 0 bridgehead atoms. The smallest absolute Gasteiger partial charge is 0.267 e. The maximum atomic E-state index is 12.0. The number of carbonyl (C=O) groups excluding carboxylic acids is 1. The number of H-pyrrole nitrogens is 1.